The van der Waals surface area contributed by atoms with Crippen LogP contribution in [0.3, 0.4) is 0 Å². The summed E-state index contributed by atoms with van der Waals surface area (Å²) in [6.45, 7) is 24.1. The highest BCUT2D eigenvalue weighted by molar-refractivity contribution is 8.15. The van der Waals surface area contributed by atoms with Crippen molar-refractivity contribution in [2.24, 2.45) is 17.3 Å². The van der Waals surface area contributed by atoms with Crippen LogP contribution in [-0.2, 0) is 0 Å². The van der Waals surface area contributed by atoms with Crippen LogP contribution < -0.4 is 0 Å². The summed E-state index contributed by atoms with van der Waals surface area (Å²) in [4.78, 5) is 11.3. The Balaban J connectivity index is 1.36. The van der Waals surface area contributed by atoms with Gasteiger partial charge in [-0.15, -0.1) is 0 Å². The van der Waals surface area contributed by atoms with Gasteiger partial charge in [0.1, 0.15) is 0 Å². The monoisotopic (exact) mass is 480 g/mol. The third-order valence-electron chi connectivity index (χ3n) is 9.78. The van der Waals surface area contributed by atoms with Crippen LogP contribution in [0, 0.1) is 17.3 Å². The molecule has 4 aliphatic heterocycles. The first-order chi connectivity index (χ1) is 15.5. The van der Waals surface area contributed by atoms with E-state index in [1.54, 1.807) is 0 Å². The van der Waals surface area contributed by atoms with Crippen molar-refractivity contribution in [1.82, 2.24) is 19.6 Å². The fourth-order valence-corrected chi connectivity index (χ4v) is 8.87. The maximum Gasteiger partial charge on any atom is 0.0261 e. The number of piperidine rings is 3. The minimum Gasteiger partial charge on any atom is -0.300 e. The zero-order chi connectivity index (χ0) is 24.0. The third kappa shape index (κ3) is 5.96. The highest BCUT2D eigenvalue weighted by Crippen LogP contribution is 2.46. The second-order valence-electron chi connectivity index (χ2n) is 13.8. The molecule has 0 aromatic rings. The van der Waals surface area contributed by atoms with Gasteiger partial charge in [-0.25, -0.2) is 10.9 Å². The average Bonchev–Trinajstić information content (AvgIpc) is 2.70. The SMILES string of the molecule is CC(C)N1CC2(CCN(C(C)C)C(CC(C)(C)N3CCC4CN(C[SH](C)C)CCC4C3)C2)C1. The van der Waals surface area contributed by atoms with Gasteiger partial charge in [0.15, 0.2) is 0 Å². The fourth-order valence-electron chi connectivity index (χ4n) is 7.81. The highest BCUT2D eigenvalue weighted by Gasteiger charge is 2.50. The first-order valence-electron chi connectivity index (χ1n) is 14.1. The molecule has 4 fully saturated rings. The van der Waals surface area contributed by atoms with E-state index in [9.17, 15) is 0 Å². The zero-order valence-electron chi connectivity index (χ0n) is 23.3. The van der Waals surface area contributed by atoms with Gasteiger partial charge in [-0.3, -0.25) is 19.6 Å². The van der Waals surface area contributed by atoms with Gasteiger partial charge in [0.2, 0.25) is 0 Å². The predicted octanol–water partition coefficient (Wildman–Crippen LogP) is 4.60. The molecule has 1 spiro atoms. The van der Waals surface area contributed by atoms with Gasteiger partial charge in [-0.05, 0) is 123 Å². The molecule has 5 heteroatoms. The Bertz CT molecular complexity index is 642. The number of nitrogens with zero attached hydrogens (tertiary/aromatic N) is 4. The molecule has 0 aliphatic carbocycles. The van der Waals surface area contributed by atoms with E-state index >= 15 is 0 Å². The van der Waals surface area contributed by atoms with Crippen molar-refractivity contribution in [3.05, 3.63) is 0 Å². The highest BCUT2D eigenvalue weighted by atomic mass is 32.2. The van der Waals surface area contributed by atoms with Crippen LogP contribution >= 0.6 is 10.9 Å². The van der Waals surface area contributed by atoms with E-state index in [-0.39, 0.29) is 10.9 Å². The molecule has 0 saturated carbocycles. The lowest BCUT2D eigenvalue weighted by Gasteiger charge is -2.59. The molecule has 0 amide bonds. The van der Waals surface area contributed by atoms with Crippen molar-refractivity contribution >= 4 is 10.9 Å². The van der Waals surface area contributed by atoms with E-state index in [0.29, 0.717) is 23.0 Å². The van der Waals surface area contributed by atoms with E-state index in [1.165, 1.54) is 83.8 Å². The Morgan fingerprint density at radius 1 is 0.909 bits per heavy atom. The number of fused-ring (bicyclic) bond motifs is 1. The average molecular weight is 481 g/mol. The second-order valence-corrected chi connectivity index (χ2v) is 16.2. The number of rotatable bonds is 7. The minimum atomic E-state index is 0.201. The van der Waals surface area contributed by atoms with Crippen molar-refractivity contribution in [3.8, 4) is 0 Å². The lowest BCUT2D eigenvalue weighted by molar-refractivity contribution is -0.0975. The Hall–Kier alpha value is 0.190. The van der Waals surface area contributed by atoms with Gasteiger partial charge in [-0.1, -0.05) is 0 Å². The molecule has 0 aromatic carbocycles. The van der Waals surface area contributed by atoms with Crippen LogP contribution in [0.25, 0.3) is 0 Å². The summed E-state index contributed by atoms with van der Waals surface area (Å²) in [6, 6.07) is 2.13. The number of likely N-dealkylation sites (tertiary alicyclic amines) is 4. The van der Waals surface area contributed by atoms with Gasteiger partial charge in [0.05, 0.1) is 0 Å². The molecular formula is C28H56N4S. The smallest absolute Gasteiger partial charge is 0.0261 e. The van der Waals surface area contributed by atoms with Gasteiger partial charge in [0, 0.05) is 55.7 Å². The number of thiol groups is 1. The predicted molar refractivity (Wildman–Crippen MR) is 148 cm³/mol. The molecule has 0 N–H and O–H groups in total. The maximum absolute atomic E-state index is 2.91. The van der Waals surface area contributed by atoms with Gasteiger partial charge >= 0.3 is 0 Å². The van der Waals surface area contributed by atoms with Crippen molar-refractivity contribution < 1.29 is 0 Å². The van der Waals surface area contributed by atoms with Crippen LogP contribution in [0.4, 0.5) is 0 Å². The Morgan fingerprint density at radius 3 is 2.21 bits per heavy atom. The molecule has 0 radical (unpaired) electrons. The molecule has 3 atom stereocenters. The van der Waals surface area contributed by atoms with Gasteiger partial charge in [0.25, 0.3) is 0 Å². The molecule has 4 aliphatic rings. The fraction of sp³-hybridized carbons (Fsp3) is 1.00. The van der Waals surface area contributed by atoms with Crippen LogP contribution in [0.2, 0.25) is 0 Å². The molecule has 4 saturated heterocycles. The van der Waals surface area contributed by atoms with Crippen molar-refractivity contribution in [2.45, 2.75) is 97.3 Å². The van der Waals surface area contributed by atoms with Gasteiger partial charge in [-0.2, -0.15) is 0 Å². The van der Waals surface area contributed by atoms with Crippen molar-refractivity contribution in [1.29, 1.82) is 0 Å². The number of hydrogen-bond acceptors (Lipinski definition) is 4. The molecular weight excluding hydrogens is 424 g/mol. The molecule has 0 bridgehead atoms. The lowest BCUT2D eigenvalue weighted by atomic mass is 9.67. The zero-order valence-corrected chi connectivity index (χ0v) is 24.2. The quantitative estimate of drug-likeness (QED) is 0.535. The van der Waals surface area contributed by atoms with Crippen molar-refractivity contribution in [3.63, 3.8) is 0 Å². The summed E-state index contributed by atoms with van der Waals surface area (Å²) in [6.07, 6.45) is 11.9. The largest absolute Gasteiger partial charge is 0.300 e. The first-order valence-corrected chi connectivity index (χ1v) is 16.5. The summed E-state index contributed by atoms with van der Waals surface area (Å²) in [7, 11) is 0.201. The van der Waals surface area contributed by atoms with Crippen LogP contribution in [0.15, 0.2) is 0 Å². The Kier molecular flexibility index (Phi) is 8.18. The Labute approximate surface area is 209 Å². The number of hydrogen-bond donors (Lipinski definition) is 1. The summed E-state index contributed by atoms with van der Waals surface area (Å²) < 4.78 is 0. The Morgan fingerprint density at radius 2 is 1.58 bits per heavy atom. The van der Waals surface area contributed by atoms with Crippen LogP contribution in [0.5, 0.6) is 0 Å². The van der Waals surface area contributed by atoms with E-state index in [0.717, 1.165) is 17.9 Å². The molecule has 0 aromatic heterocycles. The van der Waals surface area contributed by atoms with Crippen LogP contribution in [0.1, 0.15) is 73.6 Å². The van der Waals surface area contributed by atoms with Crippen LogP contribution in [-0.4, -0.2) is 107 Å². The topological polar surface area (TPSA) is 13.0 Å². The van der Waals surface area contributed by atoms with E-state index in [4.69, 9.17) is 0 Å². The van der Waals surface area contributed by atoms with E-state index in [2.05, 4.69) is 73.7 Å². The molecule has 4 heterocycles. The molecule has 3 unspecified atom stereocenters. The standard InChI is InChI=1S/C28H56N4S/c1-22(2)30-19-28(20-30)11-14-32(23(3)4)26(16-28)15-27(5,6)31-13-10-24-17-29(21-33(7)8)12-9-25(24)18-31/h22-26,33H,9-21H2,1-8H3. The summed E-state index contributed by atoms with van der Waals surface area (Å²) in [5.74, 6) is 3.23. The minimum absolute atomic E-state index is 0.201. The van der Waals surface area contributed by atoms with Crippen molar-refractivity contribution in [2.75, 3.05) is 64.2 Å². The third-order valence-corrected chi connectivity index (χ3v) is 10.7. The summed E-state index contributed by atoms with van der Waals surface area (Å²) in [5, 5.41) is 0. The molecule has 4 rings (SSSR count). The first kappa shape index (κ1) is 26.3. The van der Waals surface area contributed by atoms with E-state index < -0.39 is 0 Å². The summed E-state index contributed by atoms with van der Waals surface area (Å²) >= 11 is 0. The molecule has 33 heavy (non-hydrogen) atoms. The van der Waals surface area contributed by atoms with Gasteiger partial charge < -0.3 is 0 Å². The molecule has 194 valence electrons. The lowest BCUT2D eigenvalue weighted by Crippen LogP contribution is -2.65. The van der Waals surface area contributed by atoms with E-state index in [1.807, 2.05) is 0 Å². The normalized spacial score (nSPS) is 32.9. The second kappa shape index (κ2) is 10.3. The maximum atomic E-state index is 2.91. The molecule has 4 nitrogen and oxygen atoms in total. The summed E-state index contributed by atoms with van der Waals surface area (Å²) in [5.41, 5.74) is 0.912.